The number of nitrogens with zero attached hydrogens (tertiary/aromatic N) is 2. The normalized spacial score (nSPS) is 15.8. The van der Waals surface area contributed by atoms with Gasteiger partial charge in [-0.3, -0.25) is 0 Å². The first-order chi connectivity index (χ1) is 15.6. The molecule has 1 aliphatic heterocycles. The molecule has 1 unspecified atom stereocenters. The van der Waals surface area contributed by atoms with Crippen LogP contribution in [0.4, 0.5) is 10.2 Å². The summed E-state index contributed by atoms with van der Waals surface area (Å²) in [6, 6.07) is 19.3. The van der Waals surface area contributed by atoms with Crippen LogP contribution < -0.4 is 15.0 Å². The smallest absolute Gasteiger partial charge is 0.129 e. The van der Waals surface area contributed by atoms with Crippen molar-refractivity contribution in [2.75, 3.05) is 24.6 Å². The topological polar surface area (TPSA) is 37.4 Å². The summed E-state index contributed by atoms with van der Waals surface area (Å²) in [7, 11) is 0. The van der Waals surface area contributed by atoms with E-state index in [4.69, 9.17) is 9.72 Å². The van der Waals surface area contributed by atoms with Crippen molar-refractivity contribution in [1.82, 2.24) is 10.3 Å². The molecule has 1 saturated heterocycles. The Bertz CT molecular complexity index is 983. The molecular weight excluding hydrogens is 401 g/mol. The molecule has 168 valence electrons. The lowest BCUT2D eigenvalue weighted by molar-refractivity contribution is 0.271. The van der Waals surface area contributed by atoms with Gasteiger partial charge in [0.2, 0.25) is 0 Å². The van der Waals surface area contributed by atoms with Gasteiger partial charge in [0.1, 0.15) is 17.4 Å². The van der Waals surface area contributed by atoms with E-state index in [2.05, 4.69) is 48.3 Å². The van der Waals surface area contributed by atoms with Crippen LogP contribution in [0.1, 0.15) is 42.9 Å². The van der Waals surface area contributed by atoms with Gasteiger partial charge in [0.15, 0.2) is 0 Å². The molecule has 1 aliphatic rings. The molecule has 2 aromatic carbocycles. The minimum absolute atomic E-state index is 0.217. The quantitative estimate of drug-likeness (QED) is 0.481. The third-order valence-corrected chi connectivity index (χ3v) is 5.79. The van der Waals surface area contributed by atoms with Gasteiger partial charge in [0.25, 0.3) is 0 Å². The summed E-state index contributed by atoms with van der Waals surface area (Å²) in [6.07, 6.45) is 3.06. The van der Waals surface area contributed by atoms with Crippen molar-refractivity contribution >= 4 is 5.82 Å². The van der Waals surface area contributed by atoms with Gasteiger partial charge in [-0.15, -0.1) is 0 Å². The van der Waals surface area contributed by atoms with Crippen LogP contribution in [0.25, 0.3) is 0 Å². The summed E-state index contributed by atoms with van der Waals surface area (Å²) in [4.78, 5) is 6.95. The van der Waals surface area contributed by atoms with Crippen molar-refractivity contribution in [2.45, 2.75) is 39.3 Å². The molecule has 0 amide bonds. The molecule has 1 N–H and O–H groups in total. The van der Waals surface area contributed by atoms with Crippen LogP contribution in [0.5, 0.6) is 5.75 Å². The highest BCUT2D eigenvalue weighted by Crippen LogP contribution is 2.27. The second kappa shape index (κ2) is 10.6. The van der Waals surface area contributed by atoms with Crippen LogP contribution in [0.15, 0.2) is 66.9 Å². The van der Waals surface area contributed by atoms with Crippen molar-refractivity contribution in [3.8, 4) is 5.75 Å². The van der Waals surface area contributed by atoms with Crippen LogP contribution in [-0.2, 0) is 13.1 Å². The molecule has 1 aromatic heterocycles. The van der Waals surface area contributed by atoms with E-state index in [0.29, 0.717) is 31.5 Å². The van der Waals surface area contributed by atoms with Crippen molar-refractivity contribution in [3.05, 3.63) is 89.4 Å². The van der Waals surface area contributed by atoms with Gasteiger partial charge in [-0.2, -0.15) is 0 Å². The number of ether oxygens (including phenoxy) is 1. The Morgan fingerprint density at radius 1 is 1.03 bits per heavy atom. The molecule has 2 heterocycles. The maximum atomic E-state index is 13.4. The predicted octanol–water partition coefficient (Wildman–Crippen LogP) is 5.54. The number of benzene rings is 2. The Hall–Kier alpha value is -2.92. The molecule has 0 spiro atoms. The standard InChI is InChI=1S/C27H32FN3O/c1-20(2)19-32-26-9-5-22(6-10-26)18-31(17-21-3-7-25(28)8-4-21)27-15-23(12-14-30-27)24-11-13-29-16-24/h3-10,12,14-15,20,24,29H,11,13,16-19H2,1-2H3. The van der Waals surface area contributed by atoms with E-state index >= 15 is 0 Å². The first kappa shape index (κ1) is 22.3. The summed E-state index contributed by atoms with van der Waals surface area (Å²) in [5, 5.41) is 3.45. The highest BCUT2D eigenvalue weighted by atomic mass is 19.1. The molecule has 0 saturated carbocycles. The van der Waals surface area contributed by atoms with E-state index in [0.717, 1.165) is 36.6 Å². The number of nitrogens with one attached hydrogen (secondary N) is 1. The van der Waals surface area contributed by atoms with Gasteiger partial charge in [0, 0.05) is 25.8 Å². The lowest BCUT2D eigenvalue weighted by Crippen LogP contribution is -2.23. The van der Waals surface area contributed by atoms with E-state index in [-0.39, 0.29) is 5.82 Å². The lowest BCUT2D eigenvalue weighted by Gasteiger charge is -2.25. The maximum absolute atomic E-state index is 13.4. The van der Waals surface area contributed by atoms with Gasteiger partial charge in [-0.1, -0.05) is 38.1 Å². The van der Waals surface area contributed by atoms with Gasteiger partial charge < -0.3 is 15.0 Å². The van der Waals surface area contributed by atoms with E-state index in [1.807, 2.05) is 30.5 Å². The number of anilines is 1. The SMILES string of the molecule is CC(C)COc1ccc(CN(Cc2ccc(F)cc2)c2cc(C3CCNC3)ccn2)cc1. The zero-order valence-electron chi connectivity index (χ0n) is 18.9. The Morgan fingerprint density at radius 2 is 1.72 bits per heavy atom. The molecular formula is C27H32FN3O. The number of rotatable bonds is 9. The fourth-order valence-electron chi connectivity index (χ4n) is 4.00. The third kappa shape index (κ3) is 6.07. The molecule has 5 heteroatoms. The molecule has 0 bridgehead atoms. The monoisotopic (exact) mass is 433 g/mol. The first-order valence-electron chi connectivity index (χ1n) is 11.4. The lowest BCUT2D eigenvalue weighted by atomic mass is 9.99. The molecule has 1 fully saturated rings. The van der Waals surface area contributed by atoms with Crippen LogP contribution >= 0.6 is 0 Å². The van der Waals surface area contributed by atoms with Crippen molar-refractivity contribution in [3.63, 3.8) is 0 Å². The van der Waals surface area contributed by atoms with Crippen molar-refractivity contribution < 1.29 is 9.13 Å². The van der Waals surface area contributed by atoms with Crippen LogP contribution in [0.3, 0.4) is 0 Å². The fourth-order valence-corrected chi connectivity index (χ4v) is 4.00. The molecule has 4 nitrogen and oxygen atoms in total. The number of aromatic nitrogens is 1. The fraction of sp³-hybridized carbons (Fsp3) is 0.370. The maximum Gasteiger partial charge on any atom is 0.129 e. The number of pyridine rings is 1. The minimum Gasteiger partial charge on any atom is -0.493 e. The molecule has 0 aliphatic carbocycles. The summed E-state index contributed by atoms with van der Waals surface area (Å²) in [6.45, 7) is 8.44. The molecule has 0 radical (unpaired) electrons. The van der Waals surface area contributed by atoms with Crippen molar-refractivity contribution in [1.29, 1.82) is 0 Å². The molecule has 4 rings (SSSR count). The number of halogens is 1. The average molecular weight is 434 g/mol. The van der Waals surface area contributed by atoms with E-state index in [9.17, 15) is 4.39 Å². The van der Waals surface area contributed by atoms with Gasteiger partial charge in [0.05, 0.1) is 6.61 Å². The summed E-state index contributed by atoms with van der Waals surface area (Å²) < 4.78 is 19.3. The highest BCUT2D eigenvalue weighted by molar-refractivity contribution is 5.44. The molecule has 3 aromatic rings. The summed E-state index contributed by atoms with van der Waals surface area (Å²) in [5.74, 6) is 2.64. The van der Waals surface area contributed by atoms with E-state index < -0.39 is 0 Å². The second-order valence-corrected chi connectivity index (χ2v) is 8.97. The van der Waals surface area contributed by atoms with E-state index in [1.54, 1.807) is 0 Å². The molecule has 1 atom stereocenters. The number of hydrogen-bond acceptors (Lipinski definition) is 4. The average Bonchev–Trinajstić information content (AvgIpc) is 3.35. The largest absolute Gasteiger partial charge is 0.493 e. The van der Waals surface area contributed by atoms with E-state index in [1.165, 1.54) is 23.3 Å². The Labute approximate surface area is 190 Å². The molecule has 32 heavy (non-hydrogen) atoms. The van der Waals surface area contributed by atoms with Gasteiger partial charge in [-0.05, 0) is 77.9 Å². The summed E-state index contributed by atoms with van der Waals surface area (Å²) >= 11 is 0. The Kier molecular flexibility index (Phi) is 7.38. The Morgan fingerprint density at radius 3 is 2.34 bits per heavy atom. The third-order valence-electron chi connectivity index (χ3n) is 5.79. The summed E-state index contributed by atoms with van der Waals surface area (Å²) in [5.41, 5.74) is 3.55. The number of hydrogen-bond donors (Lipinski definition) is 1. The minimum atomic E-state index is -0.217. The van der Waals surface area contributed by atoms with Crippen LogP contribution in [0, 0.1) is 11.7 Å². The van der Waals surface area contributed by atoms with Gasteiger partial charge >= 0.3 is 0 Å². The Balaban J connectivity index is 1.55. The first-order valence-corrected chi connectivity index (χ1v) is 11.4. The van der Waals surface area contributed by atoms with Crippen LogP contribution in [-0.4, -0.2) is 24.7 Å². The zero-order chi connectivity index (χ0) is 22.3. The van der Waals surface area contributed by atoms with Gasteiger partial charge in [-0.25, -0.2) is 9.37 Å². The predicted molar refractivity (Wildman–Crippen MR) is 128 cm³/mol. The van der Waals surface area contributed by atoms with Crippen LogP contribution in [0.2, 0.25) is 0 Å². The highest BCUT2D eigenvalue weighted by Gasteiger charge is 2.18. The second-order valence-electron chi connectivity index (χ2n) is 8.97. The van der Waals surface area contributed by atoms with Crippen molar-refractivity contribution in [2.24, 2.45) is 5.92 Å². The zero-order valence-corrected chi connectivity index (χ0v) is 18.9.